The number of nitrogens with zero attached hydrogens (tertiary/aromatic N) is 3. The third-order valence-electron chi connectivity index (χ3n) is 5.37. The fourth-order valence-corrected chi connectivity index (χ4v) is 3.79. The van der Waals surface area contributed by atoms with E-state index in [1.807, 2.05) is 6.92 Å². The first-order valence-corrected chi connectivity index (χ1v) is 10.5. The Labute approximate surface area is 192 Å². The first-order chi connectivity index (χ1) is 15.8. The van der Waals surface area contributed by atoms with Crippen molar-refractivity contribution >= 4 is 23.1 Å². The summed E-state index contributed by atoms with van der Waals surface area (Å²) in [5, 5.41) is 0. The van der Waals surface area contributed by atoms with Crippen LogP contribution in [0, 0.1) is 5.82 Å². The molecule has 0 radical (unpaired) electrons. The van der Waals surface area contributed by atoms with Gasteiger partial charge in [0.15, 0.2) is 11.6 Å². The Morgan fingerprint density at radius 1 is 1.33 bits per heavy atom. The molecule has 1 unspecified atom stereocenters. The number of allylic oxidation sites excluding steroid dienone is 1. The van der Waals surface area contributed by atoms with Crippen LogP contribution in [0.3, 0.4) is 0 Å². The van der Waals surface area contributed by atoms with Gasteiger partial charge in [-0.2, -0.15) is 0 Å². The van der Waals surface area contributed by atoms with Crippen molar-refractivity contribution < 1.29 is 13.9 Å². The van der Waals surface area contributed by atoms with E-state index in [9.17, 15) is 4.39 Å². The Morgan fingerprint density at radius 2 is 2.09 bits per heavy atom. The molecule has 0 fully saturated rings. The first-order valence-electron chi connectivity index (χ1n) is 10.5. The smallest absolute Gasteiger partial charge is 0.213 e. The lowest BCUT2D eigenvalue weighted by atomic mass is 9.91. The van der Waals surface area contributed by atoms with Gasteiger partial charge in [0.1, 0.15) is 11.9 Å². The standard InChI is InChI=1S/C24H29FN6O2/c1-5-30-22-14(11-26)8-19(24(29-3)32-4)21(27)17-7-6-16(25)10-18(17)13(2)33-20-9-15(22)12-31-23(20)28/h6-7,9-13H,5,8,26-27H2,1-4H3,(H2,28,31). The minimum atomic E-state index is -0.588. The van der Waals surface area contributed by atoms with E-state index >= 15 is 0 Å². The number of hydrogen-bond donors (Lipinski definition) is 3. The van der Waals surface area contributed by atoms with E-state index < -0.39 is 11.9 Å². The van der Waals surface area contributed by atoms with E-state index in [1.54, 1.807) is 32.3 Å². The summed E-state index contributed by atoms with van der Waals surface area (Å²) in [6, 6.07) is 6.11. The topological polar surface area (TPSA) is 134 Å². The molecule has 3 rings (SSSR count). The van der Waals surface area contributed by atoms with E-state index in [0.29, 0.717) is 57.4 Å². The molecule has 1 aromatic heterocycles. The van der Waals surface area contributed by atoms with Crippen LogP contribution in [-0.4, -0.2) is 37.3 Å². The predicted molar refractivity (Wildman–Crippen MR) is 130 cm³/mol. The number of fused-ring (bicyclic) bond motifs is 3. The zero-order chi connectivity index (χ0) is 24.1. The molecule has 0 amide bonds. The average Bonchev–Trinajstić information content (AvgIpc) is 2.81. The van der Waals surface area contributed by atoms with Gasteiger partial charge in [0, 0.05) is 54.2 Å². The highest BCUT2D eigenvalue weighted by Crippen LogP contribution is 2.34. The molecule has 6 N–H and O–H groups in total. The number of aromatic nitrogens is 1. The Balaban J connectivity index is 2.39. The van der Waals surface area contributed by atoms with Crippen LogP contribution in [0.2, 0.25) is 0 Å². The molecule has 8 nitrogen and oxygen atoms in total. The molecule has 1 aliphatic rings. The lowest BCUT2D eigenvalue weighted by molar-refractivity contribution is 0.226. The number of pyridine rings is 1. The van der Waals surface area contributed by atoms with Crippen LogP contribution in [0.1, 0.15) is 43.1 Å². The highest BCUT2D eigenvalue weighted by Gasteiger charge is 2.25. The van der Waals surface area contributed by atoms with Crippen molar-refractivity contribution in [3.05, 3.63) is 70.3 Å². The molecule has 1 aliphatic heterocycles. The Kier molecular flexibility index (Phi) is 7.32. The number of anilines is 1. The zero-order valence-corrected chi connectivity index (χ0v) is 19.2. The number of benzene rings is 1. The number of nitrogens with two attached hydrogens (primary N) is 3. The predicted octanol–water partition coefficient (Wildman–Crippen LogP) is 3.34. The second-order valence-electron chi connectivity index (χ2n) is 7.42. The average molecular weight is 453 g/mol. The molecule has 2 aromatic rings. The molecule has 1 aromatic carbocycles. The monoisotopic (exact) mass is 452 g/mol. The minimum absolute atomic E-state index is 0.207. The van der Waals surface area contributed by atoms with Crippen molar-refractivity contribution in [3.8, 4) is 5.75 Å². The first kappa shape index (κ1) is 23.8. The number of hydrogen-bond acceptors (Lipinski definition) is 8. The van der Waals surface area contributed by atoms with Crippen LogP contribution in [0.4, 0.5) is 10.2 Å². The molecule has 0 aliphatic carbocycles. The van der Waals surface area contributed by atoms with Gasteiger partial charge in [-0.05, 0) is 49.9 Å². The quantitative estimate of drug-likeness (QED) is 0.473. The summed E-state index contributed by atoms with van der Waals surface area (Å²) in [7, 11) is 3.12. The van der Waals surface area contributed by atoms with Crippen molar-refractivity contribution in [1.29, 1.82) is 0 Å². The van der Waals surface area contributed by atoms with Gasteiger partial charge in [-0.15, -0.1) is 0 Å². The van der Waals surface area contributed by atoms with Crippen LogP contribution in [0.5, 0.6) is 5.75 Å². The molecule has 9 heteroatoms. The van der Waals surface area contributed by atoms with Gasteiger partial charge in [0.2, 0.25) is 5.90 Å². The maximum atomic E-state index is 14.3. The fraction of sp³-hybridized carbons (Fsp3) is 0.292. The summed E-state index contributed by atoms with van der Waals surface area (Å²) in [4.78, 5) is 13.2. The lowest BCUT2D eigenvalue weighted by Gasteiger charge is -2.23. The lowest BCUT2D eigenvalue weighted by Crippen LogP contribution is -2.20. The summed E-state index contributed by atoms with van der Waals surface area (Å²) in [5.74, 6) is 0.478. The van der Waals surface area contributed by atoms with Gasteiger partial charge in [-0.1, -0.05) is 0 Å². The van der Waals surface area contributed by atoms with Crippen LogP contribution >= 0.6 is 0 Å². The SMILES string of the molecule is CCN=C1C(=CN)CC(C(=NC)OC)=C(N)c2ccc(F)cc2C(C)Oc2cc1cnc2N. The Hall–Kier alpha value is -3.88. The molecule has 0 saturated heterocycles. The van der Waals surface area contributed by atoms with Crippen LogP contribution in [-0.2, 0) is 4.74 Å². The second-order valence-corrected chi connectivity index (χ2v) is 7.42. The van der Waals surface area contributed by atoms with Crippen molar-refractivity contribution in [3.63, 3.8) is 0 Å². The largest absolute Gasteiger partial charge is 0.482 e. The minimum Gasteiger partial charge on any atom is -0.482 e. The highest BCUT2D eigenvalue weighted by molar-refractivity contribution is 6.14. The Bertz CT molecular complexity index is 1170. The summed E-state index contributed by atoms with van der Waals surface area (Å²) in [5.41, 5.74) is 22.9. The number of ether oxygens (including phenoxy) is 2. The maximum absolute atomic E-state index is 14.3. The van der Waals surface area contributed by atoms with Crippen LogP contribution < -0.4 is 21.9 Å². The molecule has 2 bridgehead atoms. The van der Waals surface area contributed by atoms with E-state index in [1.165, 1.54) is 25.4 Å². The third-order valence-corrected chi connectivity index (χ3v) is 5.37. The maximum Gasteiger partial charge on any atom is 0.213 e. The van der Waals surface area contributed by atoms with E-state index in [0.717, 1.165) is 0 Å². The number of rotatable bonds is 2. The number of aliphatic imine (C=N–C) groups is 2. The normalized spacial score (nSPS) is 19.5. The highest BCUT2D eigenvalue weighted by atomic mass is 19.1. The van der Waals surface area contributed by atoms with E-state index in [4.69, 9.17) is 26.7 Å². The molecule has 1 atom stereocenters. The van der Waals surface area contributed by atoms with E-state index in [-0.39, 0.29) is 12.2 Å². The summed E-state index contributed by atoms with van der Waals surface area (Å²) in [6.45, 7) is 4.23. The van der Waals surface area contributed by atoms with Gasteiger partial charge < -0.3 is 26.7 Å². The van der Waals surface area contributed by atoms with Crippen molar-refractivity contribution in [2.45, 2.75) is 26.4 Å². The molecule has 0 saturated carbocycles. The summed E-state index contributed by atoms with van der Waals surface area (Å²) >= 11 is 0. The Morgan fingerprint density at radius 3 is 2.73 bits per heavy atom. The molecular weight excluding hydrogens is 423 g/mol. The van der Waals surface area contributed by atoms with Crippen LogP contribution in [0.15, 0.2) is 57.8 Å². The van der Waals surface area contributed by atoms with Gasteiger partial charge in [0.25, 0.3) is 0 Å². The van der Waals surface area contributed by atoms with Crippen molar-refractivity contribution in [1.82, 2.24) is 4.98 Å². The summed E-state index contributed by atoms with van der Waals surface area (Å²) < 4.78 is 25.9. The number of halogens is 1. The number of nitrogen functional groups attached to an aromatic ring is 1. The van der Waals surface area contributed by atoms with Crippen molar-refractivity contribution in [2.24, 2.45) is 21.5 Å². The van der Waals surface area contributed by atoms with Crippen LogP contribution in [0.25, 0.3) is 5.70 Å². The fourth-order valence-electron chi connectivity index (χ4n) is 3.79. The van der Waals surface area contributed by atoms with Crippen molar-refractivity contribution in [2.75, 3.05) is 26.4 Å². The summed E-state index contributed by atoms with van der Waals surface area (Å²) in [6.07, 6.45) is 2.77. The molecule has 2 heterocycles. The number of methoxy groups -OCH3 is 1. The molecule has 174 valence electrons. The molecule has 33 heavy (non-hydrogen) atoms. The van der Waals surface area contributed by atoms with E-state index in [2.05, 4.69) is 15.0 Å². The zero-order valence-electron chi connectivity index (χ0n) is 19.2. The second kappa shape index (κ2) is 10.2. The van der Waals surface area contributed by atoms with Gasteiger partial charge in [-0.25, -0.2) is 9.37 Å². The van der Waals surface area contributed by atoms with Gasteiger partial charge >= 0.3 is 0 Å². The van der Waals surface area contributed by atoms with Gasteiger partial charge in [0.05, 0.1) is 12.8 Å². The molecular formula is C24H29FN6O2. The molecule has 0 spiro atoms. The third kappa shape index (κ3) is 4.82. The van der Waals surface area contributed by atoms with Gasteiger partial charge in [-0.3, -0.25) is 9.98 Å².